The van der Waals surface area contributed by atoms with Crippen LogP contribution in [0, 0.1) is 6.92 Å². The summed E-state index contributed by atoms with van der Waals surface area (Å²) in [6.45, 7) is 5.66. The maximum Gasteiger partial charge on any atom is 0.0994 e. The van der Waals surface area contributed by atoms with Gasteiger partial charge in [0.25, 0.3) is 0 Å². The predicted octanol–water partition coefficient (Wildman–Crippen LogP) is 3.15. The quantitative estimate of drug-likeness (QED) is 0.794. The molecule has 1 unspecified atom stereocenters. The van der Waals surface area contributed by atoms with E-state index in [0.717, 1.165) is 22.2 Å². The van der Waals surface area contributed by atoms with Gasteiger partial charge in [0.05, 0.1) is 17.3 Å². The van der Waals surface area contributed by atoms with E-state index in [1.807, 2.05) is 37.3 Å². The van der Waals surface area contributed by atoms with Crippen LogP contribution in [0.3, 0.4) is 0 Å². The number of aryl methyl sites for hydroxylation is 1. The van der Waals surface area contributed by atoms with Gasteiger partial charge in [-0.1, -0.05) is 24.3 Å². The minimum absolute atomic E-state index is 0.533. The van der Waals surface area contributed by atoms with Crippen molar-refractivity contribution in [3.05, 3.63) is 54.2 Å². The van der Waals surface area contributed by atoms with Gasteiger partial charge in [-0.15, -0.1) is 6.58 Å². The van der Waals surface area contributed by atoms with Gasteiger partial charge in [-0.2, -0.15) is 0 Å². The summed E-state index contributed by atoms with van der Waals surface area (Å²) in [7, 11) is 0. The highest BCUT2D eigenvalue weighted by Crippen LogP contribution is 2.22. The number of nitrogens with zero attached hydrogens (tertiary/aromatic N) is 1. The fraction of sp³-hybridized carbons (Fsp3) is 0.214. The standard InChI is InChI=1S/C14H15NO/c1-3-6-14(16)13-9-10(2)11-7-4-5-8-12(11)15-13/h3-5,7-9,14,16H,1,6H2,2H3. The van der Waals surface area contributed by atoms with Crippen LogP contribution in [0.15, 0.2) is 43.0 Å². The highest BCUT2D eigenvalue weighted by Gasteiger charge is 2.09. The Morgan fingerprint density at radius 1 is 1.44 bits per heavy atom. The molecule has 1 aromatic carbocycles. The van der Waals surface area contributed by atoms with Gasteiger partial charge in [-0.3, -0.25) is 4.98 Å². The molecule has 0 fully saturated rings. The zero-order valence-corrected chi connectivity index (χ0v) is 9.35. The third-order valence-corrected chi connectivity index (χ3v) is 2.67. The van der Waals surface area contributed by atoms with Crippen LogP contribution in [-0.2, 0) is 0 Å². The zero-order valence-electron chi connectivity index (χ0n) is 9.35. The molecule has 2 rings (SSSR count). The number of pyridine rings is 1. The van der Waals surface area contributed by atoms with Gasteiger partial charge in [-0.05, 0) is 31.0 Å². The third-order valence-electron chi connectivity index (χ3n) is 2.67. The lowest BCUT2D eigenvalue weighted by Crippen LogP contribution is -2.00. The topological polar surface area (TPSA) is 33.1 Å². The van der Waals surface area contributed by atoms with Crippen molar-refractivity contribution in [3.8, 4) is 0 Å². The first kappa shape index (κ1) is 10.8. The molecule has 0 aliphatic heterocycles. The minimum Gasteiger partial charge on any atom is -0.386 e. The van der Waals surface area contributed by atoms with Crippen LogP contribution in [-0.4, -0.2) is 10.1 Å². The summed E-state index contributed by atoms with van der Waals surface area (Å²) < 4.78 is 0. The van der Waals surface area contributed by atoms with Crippen LogP contribution in [0.2, 0.25) is 0 Å². The summed E-state index contributed by atoms with van der Waals surface area (Å²) in [5.41, 5.74) is 2.79. The molecule has 0 spiro atoms. The van der Waals surface area contributed by atoms with Crippen molar-refractivity contribution >= 4 is 10.9 Å². The SMILES string of the molecule is C=CCC(O)c1cc(C)c2ccccc2n1. The number of aliphatic hydroxyl groups excluding tert-OH is 1. The fourth-order valence-corrected chi connectivity index (χ4v) is 1.82. The maximum atomic E-state index is 9.87. The normalized spacial score (nSPS) is 12.6. The Morgan fingerprint density at radius 3 is 2.94 bits per heavy atom. The number of aliphatic hydroxyl groups is 1. The molecule has 0 aliphatic rings. The van der Waals surface area contributed by atoms with Gasteiger partial charge >= 0.3 is 0 Å². The van der Waals surface area contributed by atoms with E-state index in [9.17, 15) is 5.11 Å². The molecule has 0 aliphatic carbocycles. The first-order valence-corrected chi connectivity index (χ1v) is 5.37. The molecule has 0 radical (unpaired) electrons. The van der Waals surface area contributed by atoms with Crippen molar-refractivity contribution in [1.82, 2.24) is 4.98 Å². The van der Waals surface area contributed by atoms with E-state index in [-0.39, 0.29) is 0 Å². The van der Waals surface area contributed by atoms with Crippen LogP contribution < -0.4 is 0 Å². The Kier molecular flexibility index (Phi) is 3.02. The molecule has 0 amide bonds. The van der Waals surface area contributed by atoms with E-state index >= 15 is 0 Å². The summed E-state index contributed by atoms with van der Waals surface area (Å²) in [4.78, 5) is 4.46. The smallest absolute Gasteiger partial charge is 0.0994 e. The van der Waals surface area contributed by atoms with Gasteiger partial charge in [-0.25, -0.2) is 0 Å². The largest absolute Gasteiger partial charge is 0.386 e. The van der Waals surface area contributed by atoms with Crippen molar-refractivity contribution in [2.75, 3.05) is 0 Å². The second-order valence-electron chi connectivity index (χ2n) is 3.92. The molecule has 1 atom stereocenters. The van der Waals surface area contributed by atoms with Crippen LogP contribution in [0.5, 0.6) is 0 Å². The summed E-state index contributed by atoms with van der Waals surface area (Å²) >= 11 is 0. The van der Waals surface area contributed by atoms with Crippen LogP contribution >= 0.6 is 0 Å². The van der Waals surface area contributed by atoms with Gasteiger partial charge < -0.3 is 5.11 Å². The molecule has 1 heterocycles. The van der Waals surface area contributed by atoms with E-state index in [1.165, 1.54) is 0 Å². The van der Waals surface area contributed by atoms with Crippen molar-refractivity contribution in [1.29, 1.82) is 0 Å². The third kappa shape index (κ3) is 1.97. The lowest BCUT2D eigenvalue weighted by molar-refractivity contribution is 0.177. The summed E-state index contributed by atoms with van der Waals surface area (Å²) in [6.07, 6.45) is 1.68. The number of hydrogen-bond donors (Lipinski definition) is 1. The molecule has 0 bridgehead atoms. The van der Waals surface area contributed by atoms with Gasteiger partial charge in [0, 0.05) is 5.39 Å². The fourth-order valence-electron chi connectivity index (χ4n) is 1.82. The predicted molar refractivity (Wildman–Crippen MR) is 66.3 cm³/mol. The molecule has 1 N–H and O–H groups in total. The molecule has 0 saturated heterocycles. The van der Waals surface area contributed by atoms with Crippen molar-refractivity contribution in [2.45, 2.75) is 19.4 Å². The highest BCUT2D eigenvalue weighted by atomic mass is 16.3. The monoisotopic (exact) mass is 213 g/mol. The Balaban J connectivity index is 2.53. The number of rotatable bonds is 3. The maximum absolute atomic E-state index is 9.87. The number of aromatic nitrogens is 1. The lowest BCUT2D eigenvalue weighted by Gasteiger charge is -2.10. The number of hydrogen-bond acceptors (Lipinski definition) is 2. The number of benzene rings is 1. The first-order valence-electron chi connectivity index (χ1n) is 5.37. The Bertz CT molecular complexity index is 519. The van der Waals surface area contributed by atoms with Crippen LogP contribution in [0.25, 0.3) is 10.9 Å². The summed E-state index contributed by atoms with van der Waals surface area (Å²) in [6, 6.07) is 9.90. The average molecular weight is 213 g/mol. The molecule has 2 heteroatoms. The Hall–Kier alpha value is -1.67. The van der Waals surface area contributed by atoms with E-state index in [0.29, 0.717) is 6.42 Å². The Morgan fingerprint density at radius 2 is 2.19 bits per heavy atom. The second kappa shape index (κ2) is 4.45. The summed E-state index contributed by atoms with van der Waals surface area (Å²) in [5.74, 6) is 0. The molecular weight excluding hydrogens is 198 g/mol. The Labute approximate surface area is 95.3 Å². The van der Waals surface area contributed by atoms with Crippen LogP contribution in [0.4, 0.5) is 0 Å². The van der Waals surface area contributed by atoms with Crippen molar-refractivity contribution in [3.63, 3.8) is 0 Å². The van der Waals surface area contributed by atoms with Gasteiger partial charge in [0.15, 0.2) is 0 Å². The summed E-state index contributed by atoms with van der Waals surface area (Å²) in [5, 5.41) is 11.0. The first-order chi connectivity index (χ1) is 7.72. The molecule has 16 heavy (non-hydrogen) atoms. The molecular formula is C14H15NO. The zero-order chi connectivity index (χ0) is 11.5. The lowest BCUT2D eigenvalue weighted by atomic mass is 10.1. The van der Waals surface area contributed by atoms with E-state index < -0.39 is 6.10 Å². The molecule has 1 aromatic heterocycles. The van der Waals surface area contributed by atoms with E-state index in [1.54, 1.807) is 6.08 Å². The van der Waals surface area contributed by atoms with Crippen molar-refractivity contribution < 1.29 is 5.11 Å². The molecule has 2 aromatic rings. The van der Waals surface area contributed by atoms with Crippen molar-refractivity contribution in [2.24, 2.45) is 0 Å². The molecule has 0 saturated carbocycles. The molecule has 82 valence electrons. The van der Waals surface area contributed by atoms with E-state index in [4.69, 9.17) is 0 Å². The average Bonchev–Trinajstić information content (AvgIpc) is 2.29. The number of para-hydroxylation sites is 1. The van der Waals surface area contributed by atoms with E-state index in [2.05, 4.69) is 11.6 Å². The van der Waals surface area contributed by atoms with Crippen LogP contribution in [0.1, 0.15) is 23.8 Å². The van der Waals surface area contributed by atoms with Gasteiger partial charge in [0.1, 0.15) is 0 Å². The second-order valence-corrected chi connectivity index (χ2v) is 3.92. The number of fused-ring (bicyclic) bond motifs is 1. The molecule has 2 nitrogen and oxygen atoms in total. The van der Waals surface area contributed by atoms with Gasteiger partial charge in [0.2, 0.25) is 0 Å². The minimum atomic E-state index is -0.555. The highest BCUT2D eigenvalue weighted by molar-refractivity contribution is 5.82.